The van der Waals surface area contributed by atoms with Gasteiger partial charge in [0.15, 0.2) is 6.61 Å². The predicted octanol–water partition coefficient (Wildman–Crippen LogP) is 3.17. The van der Waals surface area contributed by atoms with E-state index in [1.54, 1.807) is 32.4 Å². The molecule has 4 rings (SSSR count). The Balaban J connectivity index is 0.00000324. The molecular formula is C24H27N5O4S. The Bertz CT molecular complexity index is 1200. The van der Waals surface area contributed by atoms with Crippen LogP contribution < -0.4 is 25.4 Å². The monoisotopic (exact) mass is 481 g/mol. The van der Waals surface area contributed by atoms with Gasteiger partial charge in [-0.2, -0.15) is 13.5 Å². The number of rotatable bonds is 7. The van der Waals surface area contributed by atoms with Gasteiger partial charge in [-0.1, -0.05) is 19.1 Å². The number of methoxy groups -OCH3 is 1. The molecule has 1 aromatic heterocycles. The van der Waals surface area contributed by atoms with E-state index in [4.69, 9.17) is 9.47 Å². The van der Waals surface area contributed by atoms with Crippen LogP contribution >= 0.6 is 13.5 Å². The molecule has 9 nitrogen and oxygen atoms in total. The Kier molecular flexibility index (Phi) is 7.95. The molecule has 1 atom stereocenters. The first-order chi connectivity index (χ1) is 16.0. The van der Waals surface area contributed by atoms with Crippen molar-refractivity contribution in [1.82, 2.24) is 15.3 Å². The Morgan fingerprint density at radius 1 is 1.21 bits per heavy atom. The van der Waals surface area contributed by atoms with Crippen LogP contribution in [0.15, 0.2) is 48.8 Å². The second-order valence-corrected chi connectivity index (χ2v) is 7.65. The average Bonchev–Trinajstić information content (AvgIpc) is 2.86. The van der Waals surface area contributed by atoms with Crippen LogP contribution in [-0.2, 0) is 4.79 Å². The molecule has 34 heavy (non-hydrogen) atoms. The number of hydrogen-bond donors (Lipinski definition) is 3. The van der Waals surface area contributed by atoms with Crippen molar-refractivity contribution in [3.63, 3.8) is 0 Å². The van der Waals surface area contributed by atoms with Gasteiger partial charge in [0, 0.05) is 36.7 Å². The highest BCUT2D eigenvalue weighted by atomic mass is 32.1. The van der Waals surface area contributed by atoms with Gasteiger partial charge >= 0.3 is 0 Å². The molecule has 1 aliphatic heterocycles. The van der Waals surface area contributed by atoms with Crippen molar-refractivity contribution in [3.8, 4) is 22.8 Å². The fraction of sp³-hybridized carbons (Fsp3) is 0.250. The minimum atomic E-state index is -0.169. The first-order valence-corrected chi connectivity index (χ1v) is 10.5. The molecule has 0 aliphatic carbocycles. The maximum Gasteiger partial charge on any atom is 0.262 e. The zero-order chi connectivity index (χ0) is 23.4. The third-order valence-corrected chi connectivity index (χ3v) is 5.42. The molecule has 0 fully saturated rings. The molecule has 0 saturated carbocycles. The van der Waals surface area contributed by atoms with Gasteiger partial charge in [-0.3, -0.25) is 9.59 Å². The zero-order valence-electron chi connectivity index (χ0n) is 19.1. The summed E-state index contributed by atoms with van der Waals surface area (Å²) < 4.78 is 11.0. The van der Waals surface area contributed by atoms with Gasteiger partial charge in [-0.15, -0.1) is 0 Å². The number of hydrogen-bond acceptors (Lipinski definition) is 7. The molecule has 3 aromatic rings. The van der Waals surface area contributed by atoms with Gasteiger partial charge in [0.2, 0.25) is 0 Å². The molecule has 1 aliphatic rings. The van der Waals surface area contributed by atoms with E-state index >= 15 is 0 Å². The van der Waals surface area contributed by atoms with E-state index in [-0.39, 0.29) is 37.8 Å². The first kappa shape index (κ1) is 24.8. The predicted molar refractivity (Wildman–Crippen MR) is 135 cm³/mol. The van der Waals surface area contributed by atoms with Gasteiger partial charge in [-0.05, 0) is 29.8 Å². The van der Waals surface area contributed by atoms with Crippen LogP contribution in [0, 0.1) is 0 Å². The number of benzene rings is 2. The lowest BCUT2D eigenvalue weighted by Crippen LogP contribution is -2.25. The molecule has 10 heteroatoms. The van der Waals surface area contributed by atoms with E-state index in [0.29, 0.717) is 35.1 Å². The number of carbonyl (C=O) groups excluding carboxylic acids is 2. The lowest BCUT2D eigenvalue weighted by Gasteiger charge is -2.19. The molecule has 3 N–H and O–H groups in total. The van der Waals surface area contributed by atoms with E-state index in [1.165, 1.54) is 6.33 Å². The number of carbonyl (C=O) groups is 2. The molecule has 0 unspecified atom stereocenters. The van der Waals surface area contributed by atoms with Gasteiger partial charge in [0.1, 0.15) is 23.6 Å². The molecule has 0 spiro atoms. The molecule has 0 saturated heterocycles. The average molecular weight is 482 g/mol. The van der Waals surface area contributed by atoms with Crippen LogP contribution in [0.25, 0.3) is 11.3 Å². The standard InChI is InChI=1S/C24H25N5O4.H2S/c1-14(17-6-4-16(24(31)25-2)9-20(17)32-3)11-26-22-10-19(27-13-28-22)15-5-7-18-21(8-15)33-12-23(30)29-18;/h4-10,13-14H,11-12H2,1-3H3,(H,25,31)(H,29,30)(H,26,27,28);1H2/t14-;/m1./s1. The quantitative estimate of drug-likeness (QED) is 0.475. The summed E-state index contributed by atoms with van der Waals surface area (Å²) in [4.78, 5) is 32.1. The van der Waals surface area contributed by atoms with Gasteiger partial charge in [0.05, 0.1) is 18.5 Å². The smallest absolute Gasteiger partial charge is 0.262 e. The minimum Gasteiger partial charge on any atom is -0.496 e. The number of nitrogens with one attached hydrogen (secondary N) is 3. The summed E-state index contributed by atoms with van der Waals surface area (Å²) >= 11 is 0. The van der Waals surface area contributed by atoms with E-state index in [0.717, 1.165) is 16.8 Å². The number of amides is 2. The second kappa shape index (κ2) is 10.9. The van der Waals surface area contributed by atoms with Gasteiger partial charge in [0.25, 0.3) is 11.8 Å². The summed E-state index contributed by atoms with van der Waals surface area (Å²) in [5.74, 6) is 1.72. The minimum absolute atomic E-state index is 0. The molecule has 0 bridgehead atoms. The summed E-state index contributed by atoms with van der Waals surface area (Å²) in [5.41, 5.74) is 3.77. The van der Waals surface area contributed by atoms with Gasteiger partial charge < -0.3 is 25.4 Å². The summed E-state index contributed by atoms with van der Waals surface area (Å²) in [6, 6.07) is 12.8. The zero-order valence-corrected chi connectivity index (χ0v) is 20.1. The summed E-state index contributed by atoms with van der Waals surface area (Å²) in [7, 11) is 3.19. The molecule has 0 radical (unpaired) electrons. The largest absolute Gasteiger partial charge is 0.496 e. The molecule has 2 amide bonds. The number of nitrogens with zero attached hydrogens (tertiary/aromatic N) is 2. The van der Waals surface area contributed by atoms with Crippen molar-refractivity contribution < 1.29 is 19.1 Å². The highest BCUT2D eigenvalue weighted by Crippen LogP contribution is 2.33. The number of fused-ring (bicyclic) bond motifs is 1. The number of anilines is 2. The van der Waals surface area contributed by atoms with Crippen LogP contribution in [0.5, 0.6) is 11.5 Å². The van der Waals surface area contributed by atoms with Crippen molar-refractivity contribution in [2.24, 2.45) is 0 Å². The normalized spacial score (nSPS) is 12.9. The van der Waals surface area contributed by atoms with E-state index in [2.05, 4.69) is 32.8 Å². The fourth-order valence-electron chi connectivity index (χ4n) is 3.62. The highest BCUT2D eigenvalue weighted by Gasteiger charge is 2.17. The lowest BCUT2D eigenvalue weighted by molar-refractivity contribution is -0.118. The second-order valence-electron chi connectivity index (χ2n) is 7.65. The Morgan fingerprint density at radius 3 is 2.79 bits per heavy atom. The van der Waals surface area contributed by atoms with Crippen LogP contribution in [-0.4, -0.2) is 49.1 Å². The molecular weight excluding hydrogens is 454 g/mol. The van der Waals surface area contributed by atoms with Crippen LogP contribution in [0.2, 0.25) is 0 Å². The van der Waals surface area contributed by atoms with Gasteiger partial charge in [-0.25, -0.2) is 9.97 Å². The van der Waals surface area contributed by atoms with Crippen molar-refractivity contribution >= 4 is 36.8 Å². The number of ether oxygens (including phenoxy) is 2. The van der Waals surface area contributed by atoms with Crippen molar-refractivity contribution in [3.05, 3.63) is 59.9 Å². The Hall–Kier alpha value is -3.79. The van der Waals surface area contributed by atoms with Crippen LogP contribution in [0.4, 0.5) is 11.5 Å². The third-order valence-electron chi connectivity index (χ3n) is 5.42. The molecule has 2 heterocycles. The summed E-state index contributed by atoms with van der Waals surface area (Å²) in [6.45, 7) is 2.67. The van der Waals surface area contributed by atoms with E-state index in [1.807, 2.05) is 24.3 Å². The Morgan fingerprint density at radius 2 is 2.03 bits per heavy atom. The number of aromatic nitrogens is 2. The van der Waals surface area contributed by atoms with Crippen LogP contribution in [0.3, 0.4) is 0 Å². The fourth-order valence-corrected chi connectivity index (χ4v) is 3.62. The van der Waals surface area contributed by atoms with E-state index in [9.17, 15) is 9.59 Å². The third kappa shape index (κ3) is 5.40. The van der Waals surface area contributed by atoms with Crippen molar-refractivity contribution in [1.29, 1.82) is 0 Å². The molecule has 2 aromatic carbocycles. The van der Waals surface area contributed by atoms with E-state index < -0.39 is 0 Å². The SMILES string of the molecule is CNC(=O)c1ccc([C@H](C)CNc2cc(-c3ccc4c(c3)OCC(=O)N4)ncn2)c(OC)c1.S. The highest BCUT2D eigenvalue weighted by molar-refractivity contribution is 7.59. The maximum atomic E-state index is 11.9. The summed E-state index contributed by atoms with van der Waals surface area (Å²) in [5, 5.41) is 8.74. The lowest BCUT2D eigenvalue weighted by atomic mass is 9.98. The first-order valence-electron chi connectivity index (χ1n) is 10.5. The summed E-state index contributed by atoms with van der Waals surface area (Å²) in [6.07, 6.45) is 1.50. The van der Waals surface area contributed by atoms with Crippen LogP contribution in [0.1, 0.15) is 28.8 Å². The van der Waals surface area contributed by atoms with Crippen molar-refractivity contribution in [2.45, 2.75) is 12.8 Å². The van der Waals surface area contributed by atoms with Crippen molar-refractivity contribution in [2.75, 3.05) is 37.9 Å². The maximum absolute atomic E-state index is 11.9. The topological polar surface area (TPSA) is 114 Å². The molecule has 178 valence electrons. The Labute approximate surface area is 204 Å².